The minimum atomic E-state index is -0.0121. The number of carbonyl (C=O) groups excluding carboxylic acids is 2. The summed E-state index contributed by atoms with van der Waals surface area (Å²) < 4.78 is 0. The Balaban J connectivity index is 1.82. The van der Waals surface area contributed by atoms with Gasteiger partial charge >= 0.3 is 0 Å². The molecule has 1 amide bonds. The van der Waals surface area contributed by atoms with Crippen molar-refractivity contribution in [2.45, 2.75) is 11.7 Å². The van der Waals surface area contributed by atoms with Crippen LogP contribution in [0.3, 0.4) is 0 Å². The molecule has 0 spiro atoms. The Labute approximate surface area is 129 Å². The summed E-state index contributed by atoms with van der Waals surface area (Å²) in [6.07, 6.45) is 0.466. The van der Waals surface area contributed by atoms with Gasteiger partial charge in [-0.05, 0) is 24.3 Å². The van der Waals surface area contributed by atoms with Gasteiger partial charge in [0.05, 0.1) is 0 Å². The molecule has 21 heavy (non-hydrogen) atoms. The first kappa shape index (κ1) is 13.9. The molecule has 1 aliphatic heterocycles. The van der Waals surface area contributed by atoms with E-state index in [1.165, 1.54) is 0 Å². The molecule has 3 nitrogen and oxygen atoms in total. The predicted octanol–water partition coefficient (Wildman–Crippen LogP) is 2.95. The molecule has 1 unspecified atom stereocenters. The van der Waals surface area contributed by atoms with Crippen molar-refractivity contribution in [1.29, 1.82) is 0 Å². The number of anilines is 1. The smallest absolute Gasteiger partial charge is 0.228 e. The van der Waals surface area contributed by atoms with Crippen molar-refractivity contribution < 1.29 is 9.59 Å². The van der Waals surface area contributed by atoms with Crippen molar-refractivity contribution in [2.24, 2.45) is 0 Å². The molecule has 106 valence electrons. The molecule has 0 aliphatic carbocycles. The molecule has 4 heteroatoms. The lowest BCUT2D eigenvalue weighted by molar-refractivity contribution is -0.117. The summed E-state index contributed by atoms with van der Waals surface area (Å²) in [5, 5.41) is 0.0862. The summed E-state index contributed by atoms with van der Waals surface area (Å²) in [4.78, 5) is 25.9. The van der Waals surface area contributed by atoms with Crippen LogP contribution in [0.4, 0.5) is 5.69 Å². The van der Waals surface area contributed by atoms with E-state index in [0.717, 1.165) is 5.69 Å². The Morgan fingerprint density at radius 3 is 2.19 bits per heavy atom. The molecule has 3 rings (SSSR count). The number of hydrogen-bond donors (Lipinski definition) is 1. The highest BCUT2D eigenvalue weighted by atomic mass is 32.1. The van der Waals surface area contributed by atoms with Gasteiger partial charge in [-0.2, -0.15) is 12.6 Å². The van der Waals surface area contributed by atoms with Crippen molar-refractivity contribution >= 4 is 30.0 Å². The van der Waals surface area contributed by atoms with Gasteiger partial charge in [0.15, 0.2) is 5.78 Å². The average Bonchev–Trinajstić information content (AvgIpc) is 2.86. The van der Waals surface area contributed by atoms with Crippen LogP contribution in [0.2, 0.25) is 0 Å². The number of thiol groups is 1. The molecular formula is C17H15NO2S. The van der Waals surface area contributed by atoms with Gasteiger partial charge in [-0.15, -0.1) is 0 Å². The third kappa shape index (κ3) is 2.85. The van der Waals surface area contributed by atoms with Crippen LogP contribution in [-0.2, 0) is 4.79 Å². The number of carbonyl (C=O) groups is 2. The van der Waals surface area contributed by atoms with Crippen LogP contribution in [0.5, 0.6) is 0 Å². The maximum absolute atomic E-state index is 12.3. The fourth-order valence-corrected chi connectivity index (χ4v) is 2.81. The lowest BCUT2D eigenvalue weighted by Crippen LogP contribution is -2.24. The second kappa shape index (κ2) is 5.74. The molecule has 0 bridgehead atoms. The van der Waals surface area contributed by atoms with Gasteiger partial charge < -0.3 is 4.90 Å². The topological polar surface area (TPSA) is 37.4 Å². The summed E-state index contributed by atoms with van der Waals surface area (Å²) in [7, 11) is 0. The first-order valence-electron chi connectivity index (χ1n) is 6.83. The Kier molecular flexibility index (Phi) is 3.80. The van der Waals surface area contributed by atoms with Crippen LogP contribution in [-0.4, -0.2) is 23.5 Å². The molecule has 1 saturated heterocycles. The van der Waals surface area contributed by atoms with Crippen molar-refractivity contribution in [3.05, 3.63) is 65.7 Å². The highest BCUT2D eigenvalue weighted by Gasteiger charge is 2.28. The van der Waals surface area contributed by atoms with Gasteiger partial charge in [-0.1, -0.05) is 30.3 Å². The third-order valence-corrected chi connectivity index (χ3v) is 3.93. The van der Waals surface area contributed by atoms with E-state index in [1.54, 1.807) is 29.2 Å². The molecule has 0 saturated carbocycles. The summed E-state index contributed by atoms with van der Waals surface area (Å²) in [6.45, 7) is 0.619. The zero-order valence-corrected chi connectivity index (χ0v) is 12.3. The van der Waals surface area contributed by atoms with E-state index in [-0.39, 0.29) is 16.9 Å². The quantitative estimate of drug-likeness (QED) is 0.698. The number of benzene rings is 2. The van der Waals surface area contributed by atoms with Crippen molar-refractivity contribution in [2.75, 3.05) is 11.4 Å². The number of amides is 1. The summed E-state index contributed by atoms with van der Waals surface area (Å²) in [6, 6.07) is 16.3. The average molecular weight is 297 g/mol. The number of ketones is 1. The monoisotopic (exact) mass is 297 g/mol. The Hall–Kier alpha value is -2.07. The van der Waals surface area contributed by atoms with Gasteiger partial charge in [0.2, 0.25) is 5.91 Å². The summed E-state index contributed by atoms with van der Waals surface area (Å²) >= 11 is 4.35. The molecule has 0 aromatic heterocycles. The Bertz CT molecular complexity index is 667. The fourth-order valence-electron chi connectivity index (χ4n) is 2.49. The normalized spacial score (nSPS) is 18.0. The van der Waals surface area contributed by atoms with E-state index in [1.807, 2.05) is 30.3 Å². The molecule has 1 heterocycles. The zero-order valence-electron chi connectivity index (χ0n) is 11.4. The van der Waals surface area contributed by atoms with Crippen LogP contribution in [0.15, 0.2) is 54.6 Å². The highest BCUT2D eigenvalue weighted by Crippen LogP contribution is 2.24. The first-order valence-corrected chi connectivity index (χ1v) is 7.35. The van der Waals surface area contributed by atoms with E-state index in [4.69, 9.17) is 0 Å². The number of rotatable bonds is 3. The SMILES string of the molecule is O=C(c1ccccc1)c1ccc(N2CC(S)CC2=O)cc1. The molecule has 2 aromatic rings. The molecular weight excluding hydrogens is 282 g/mol. The standard InChI is InChI=1S/C17H15NO2S/c19-16-10-15(21)11-18(16)14-8-6-13(7-9-14)17(20)12-4-2-1-3-5-12/h1-9,15,21H,10-11H2. The predicted molar refractivity (Wildman–Crippen MR) is 86.1 cm³/mol. The third-order valence-electron chi connectivity index (χ3n) is 3.58. The van der Waals surface area contributed by atoms with E-state index in [0.29, 0.717) is 24.1 Å². The second-order valence-corrected chi connectivity index (χ2v) is 5.83. The lowest BCUT2D eigenvalue weighted by atomic mass is 10.0. The molecule has 1 fully saturated rings. The number of nitrogens with zero attached hydrogens (tertiary/aromatic N) is 1. The van der Waals surface area contributed by atoms with Gasteiger partial charge in [-0.3, -0.25) is 9.59 Å². The number of hydrogen-bond acceptors (Lipinski definition) is 3. The van der Waals surface area contributed by atoms with Crippen LogP contribution in [0.1, 0.15) is 22.3 Å². The van der Waals surface area contributed by atoms with Crippen LogP contribution >= 0.6 is 12.6 Å². The van der Waals surface area contributed by atoms with E-state index >= 15 is 0 Å². The van der Waals surface area contributed by atoms with E-state index in [2.05, 4.69) is 12.6 Å². The highest BCUT2D eigenvalue weighted by molar-refractivity contribution is 7.81. The van der Waals surface area contributed by atoms with Crippen LogP contribution < -0.4 is 4.90 Å². The molecule has 2 aromatic carbocycles. The molecule has 1 atom stereocenters. The lowest BCUT2D eigenvalue weighted by Gasteiger charge is -2.16. The van der Waals surface area contributed by atoms with Crippen molar-refractivity contribution in [3.8, 4) is 0 Å². The molecule has 0 radical (unpaired) electrons. The Morgan fingerprint density at radius 1 is 1.00 bits per heavy atom. The van der Waals surface area contributed by atoms with Gasteiger partial charge in [0.1, 0.15) is 0 Å². The second-order valence-electron chi connectivity index (χ2n) is 5.10. The maximum atomic E-state index is 12.3. The van der Waals surface area contributed by atoms with Crippen LogP contribution in [0, 0.1) is 0 Å². The first-order chi connectivity index (χ1) is 10.1. The fraction of sp³-hybridized carbons (Fsp3) is 0.176. The van der Waals surface area contributed by atoms with Gasteiger partial charge in [0.25, 0.3) is 0 Å². The summed E-state index contributed by atoms with van der Waals surface area (Å²) in [5.41, 5.74) is 2.11. The maximum Gasteiger partial charge on any atom is 0.228 e. The Morgan fingerprint density at radius 2 is 1.62 bits per heavy atom. The minimum Gasteiger partial charge on any atom is -0.311 e. The van der Waals surface area contributed by atoms with Gasteiger partial charge in [0, 0.05) is 35.0 Å². The van der Waals surface area contributed by atoms with E-state index < -0.39 is 0 Å². The molecule has 0 N–H and O–H groups in total. The van der Waals surface area contributed by atoms with Crippen LogP contribution in [0.25, 0.3) is 0 Å². The van der Waals surface area contributed by atoms with Crippen molar-refractivity contribution in [1.82, 2.24) is 0 Å². The minimum absolute atomic E-state index is 0.0121. The van der Waals surface area contributed by atoms with Gasteiger partial charge in [-0.25, -0.2) is 0 Å². The summed E-state index contributed by atoms with van der Waals surface area (Å²) in [5.74, 6) is 0.0686. The largest absolute Gasteiger partial charge is 0.311 e. The molecule has 1 aliphatic rings. The zero-order chi connectivity index (χ0) is 14.8. The van der Waals surface area contributed by atoms with E-state index in [9.17, 15) is 9.59 Å². The van der Waals surface area contributed by atoms with Crippen molar-refractivity contribution in [3.63, 3.8) is 0 Å².